The Bertz CT molecular complexity index is 524. The van der Waals surface area contributed by atoms with Gasteiger partial charge >= 0.3 is 0 Å². The first-order valence-electron chi connectivity index (χ1n) is 9.77. The molecule has 26 heavy (non-hydrogen) atoms. The van der Waals surface area contributed by atoms with Crippen molar-refractivity contribution in [3.63, 3.8) is 0 Å². The summed E-state index contributed by atoms with van der Waals surface area (Å²) in [5.41, 5.74) is 2.57. The van der Waals surface area contributed by atoms with E-state index in [0.29, 0.717) is 0 Å². The van der Waals surface area contributed by atoms with Crippen molar-refractivity contribution in [2.75, 3.05) is 71.5 Å². The van der Waals surface area contributed by atoms with Crippen molar-refractivity contribution in [3.05, 3.63) is 29.8 Å². The van der Waals surface area contributed by atoms with Gasteiger partial charge in [0.2, 0.25) is 0 Å². The molecule has 6 nitrogen and oxygen atoms in total. The van der Waals surface area contributed by atoms with Crippen LogP contribution in [0.15, 0.2) is 29.3 Å². The SMILES string of the molecule is CCNC(=NCCCN1CCOCC1)NCCc1ccc(N(C)C)cc1. The highest BCUT2D eigenvalue weighted by Gasteiger charge is 2.09. The fourth-order valence-electron chi connectivity index (χ4n) is 2.94. The molecule has 1 aliphatic rings. The van der Waals surface area contributed by atoms with Gasteiger partial charge in [-0.3, -0.25) is 9.89 Å². The van der Waals surface area contributed by atoms with Crippen molar-refractivity contribution in [1.82, 2.24) is 15.5 Å². The van der Waals surface area contributed by atoms with Gasteiger partial charge in [0.25, 0.3) is 0 Å². The number of aliphatic imine (C=N–C) groups is 1. The van der Waals surface area contributed by atoms with Gasteiger partial charge in [0.05, 0.1) is 13.2 Å². The average Bonchev–Trinajstić information content (AvgIpc) is 2.66. The van der Waals surface area contributed by atoms with Crippen LogP contribution < -0.4 is 15.5 Å². The van der Waals surface area contributed by atoms with Crippen LogP contribution in [-0.2, 0) is 11.2 Å². The summed E-state index contributed by atoms with van der Waals surface area (Å²) in [6.45, 7) is 9.65. The minimum atomic E-state index is 0.851. The van der Waals surface area contributed by atoms with Gasteiger partial charge in [0.1, 0.15) is 0 Å². The molecular formula is C20H35N5O. The van der Waals surface area contributed by atoms with Crippen LogP contribution in [-0.4, -0.2) is 77.4 Å². The van der Waals surface area contributed by atoms with Crippen LogP contribution in [0.25, 0.3) is 0 Å². The summed E-state index contributed by atoms with van der Waals surface area (Å²) < 4.78 is 5.38. The summed E-state index contributed by atoms with van der Waals surface area (Å²) in [7, 11) is 4.13. The van der Waals surface area contributed by atoms with Gasteiger partial charge in [-0.1, -0.05) is 12.1 Å². The molecule has 0 amide bonds. The second kappa shape index (κ2) is 11.8. The lowest BCUT2D eigenvalue weighted by molar-refractivity contribution is 0.0377. The van der Waals surface area contributed by atoms with Crippen LogP contribution in [0.2, 0.25) is 0 Å². The lowest BCUT2D eigenvalue weighted by Gasteiger charge is -2.26. The van der Waals surface area contributed by atoms with Crippen LogP contribution in [0.1, 0.15) is 18.9 Å². The van der Waals surface area contributed by atoms with Crippen molar-refractivity contribution < 1.29 is 4.74 Å². The molecular weight excluding hydrogens is 326 g/mol. The van der Waals surface area contributed by atoms with E-state index in [0.717, 1.165) is 71.3 Å². The molecule has 2 N–H and O–H groups in total. The first-order chi connectivity index (χ1) is 12.7. The predicted molar refractivity (Wildman–Crippen MR) is 110 cm³/mol. The van der Waals surface area contributed by atoms with E-state index in [2.05, 4.69) is 65.7 Å². The Morgan fingerprint density at radius 3 is 2.54 bits per heavy atom. The molecule has 0 aliphatic carbocycles. The first-order valence-corrected chi connectivity index (χ1v) is 9.77. The van der Waals surface area contributed by atoms with Gasteiger partial charge in [-0.2, -0.15) is 0 Å². The molecule has 0 spiro atoms. The second-order valence-electron chi connectivity index (χ2n) is 6.81. The molecule has 1 aromatic carbocycles. The van der Waals surface area contributed by atoms with Gasteiger partial charge in [-0.15, -0.1) is 0 Å². The standard InChI is InChI=1S/C20H35N5O/c1-4-21-20(22-11-5-13-25-14-16-26-17-15-25)23-12-10-18-6-8-19(9-7-18)24(2)3/h6-9H,4-5,10-17H2,1-3H3,(H2,21,22,23). The smallest absolute Gasteiger partial charge is 0.191 e. The fourth-order valence-corrected chi connectivity index (χ4v) is 2.94. The van der Waals surface area contributed by atoms with Crippen molar-refractivity contribution >= 4 is 11.6 Å². The molecule has 1 aliphatic heterocycles. The van der Waals surface area contributed by atoms with Gasteiger partial charge < -0.3 is 20.3 Å². The van der Waals surface area contributed by atoms with Crippen molar-refractivity contribution in [3.8, 4) is 0 Å². The number of hydrogen-bond donors (Lipinski definition) is 2. The maximum atomic E-state index is 5.38. The van der Waals surface area contributed by atoms with Crippen LogP contribution in [0, 0.1) is 0 Å². The molecule has 0 radical (unpaired) electrons. The third kappa shape index (κ3) is 7.62. The van der Waals surface area contributed by atoms with E-state index in [1.807, 2.05) is 0 Å². The van der Waals surface area contributed by atoms with Gasteiger partial charge in [0.15, 0.2) is 5.96 Å². The van der Waals surface area contributed by atoms with Crippen LogP contribution in [0.5, 0.6) is 0 Å². The Hall–Kier alpha value is -1.79. The third-order valence-corrected chi connectivity index (χ3v) is 4.51. The van der Waals surface area contributed by atoms with Crippen molar-refractivity contribution in [2.45, 2.75) is 19.8 Å². The molecule has 146 valence electrons. The Kier molecular flexibility index (Phi) is 9.28. The Morgan fingerprint density at radius 2 is 1.88 bits per heavy atom. The molecule has 0 unspecified atom stereocenters. The summed E-state index contributed by atoms with van der Waals surface area (Å²) >= 11 is 0. The molecule has 0 saturated carbocycles. The summed E-state index contributed by atoms with van der Waals surface area (Å²) in [5.74, 6) is 0.916. The Labute approximate surface area is 158 Å². The number of rotatable bonds is 9. The Balaban J connectivity index is 1.68. The maximum absolute atomic E-state index is 5.38. The van der Waals surface area contributed by atoms with E-state index in [-0.39, 0.29) is 0 Å². The van der Waals surface area contributed by atoms with Crippen molar-refractivity contribution in [2.24, 2.45) is 4.99 Å². The lowest BCUT2D eigenvalue weighted by Crippen LogP contribution is -2.39. The molecule has 1 saturated heterocycles. The number of guanidine groups is 1. The number of benzene rings is 1. The number of anilines is 1. The largest absolute Gasteiger partial charge is 0.379 e. The molecule has 6 heteroatoms. The normalized spacial score (nSPS) is 15.7. The van der Waals surface area contributed by atoms with Gasteiger partial charge in [0, 0.05) is 59.1 Å². The highest BCUT2D eigenvalue weighted by atomic mass is 16.5. The fraction of sp³-hybridized carbons (Fsp3) is 0.650. The molecule has 0 bridgehead atoms. The zero-order chi connectivity index (χ0) is 18.6. The number of nitrogens with one attached hydrogen (secondary N) is 2. The summed E-state index contributed by atoms with van der Waals surface area (Å²) in [4.78, 5) is 9.27. The molecule has 0 atom stereocenters. The number of ether oxygens (including phenoxy) is 1. The zero-order valence-corrected chi connectivity index (χ0v) is 16.6. The molecule has 1 aromatic rings. The Morgan fingerprint density at radius 1 is 1.15 bits per heavy atom. The second-order valence-corrected chi connectivity index (χ2v) is 6.81. The molecule has 0 aromatic heterocycles. The summed E-state index contributed by atoms with van der Waals surface area (Å²) in [6, 6.07) is 8.73. The van der Waals surface area contributed by atoms with E-state index in [9.17, 15) is 0 Å². The van der Waals surface area contributed by atoms with Crippen LogP contribution >= 0.6 is 0 Å². The van der Waals surface area contributed by atoms with E-state index in [1.54, 1.807) is 0 Å². The van der Waals surface area contributed by atoms with E-state index < -0.39 is 0 Å². The van der Waals surface area contributed by atoms with E-state index in [4.69, 9.17) is 9.73 Å². The topological polar surface area (TPSA) is 52.1 Å². The van der Waals surface area contributed by atoms with Crippen molar-refractivity contribution in [1.29, 1.82) is 0 Å². The number of hydrogen-bond acceptors (Lipinski definition) is 4. The maximum Gasteiger partial charge on any atom is 0.191 e. The summed E-state index contributed by atoms with van der Waals surface area (Å²) in [6.07, 6.45) is 2.08. The van der Waals surface area contributed by atoms with Gasteiger partial charge in [-0.05, 0) is 37.5 Å². The lowest BCUT2D eigenvalue weighted by atomic mass is 10.1. The zero-order valence-electron chi connectivity index (χ0n) is 16.6. The molecule has 1 fully saturated rings. The highest BCUT2D eigenvalue weighted by Crippen LogP contribution is 2.12. The number of nitrogens with zero attached hydrogens (tertiary/aromatic N) is 3. The first kappa shape index (κ1) is 20.5. The highest BCUT2D eigenvalue weighted by molar-refractivity contribution is 5.79. The quantitative estimate of drug-likeness (QED) is 0.397. The van der Waals surface area contributed by atoms with Crippen LogP contribution in [0.4, 0.5) is 5.69 Å². The minimum absolute atomic E-state index is 0.851. The number of morpholine rings is 1. The average molecular weight is 362 g/mol. The minimum Gasteiger partial charge on any atom is -0.379 e. The third-order valence-electron chi connectivity index (χ3n) is 4.51. The molecule has 2 rings (SSSR count). The monoisotopic (exact) mass is 361 g/mol. The van der Waals surface area contributed by atoms with Crippen LogP contribution in [0.3, 0.4) is 0 Å². The molecule has 1 heterocycles. The predicted octanol–water partition coefficient (Wildman–Crippen LogP) is 1.57. The van der Waals surface area contributed by atoms with E-state index >= 15 is 0 Å². The van der Waals surface area contributed by atoms with Gasteiger partial charge in [-0.25, -0.2) is 0 Å². The van der Waals surface area contributed by atoms with E-state index in [1.165, 1.54) is 11.3 Å². The summed E-state index contributed by atoms with van der Waals surface area (Å²) in [5, 5.41) is 6.77.